The SMILES string of the molecule is CCCN1C(=O)N(Cc2ccccc2)C(=O)C12CC1CCC(C2)N1CC[C@H](NC(=O)C1CCC(F)(F)CC1)c1ccccc1. The van der Waals surface area contributed by atoms with Crippen molar-refractivity contribution in [1.29, 1.82) is 0 Å². The van der Waals surface area contributed by atoms with Crippen molar-refractivity contribution in [3.05, 3.63) is 71.8 Å². The molecule has 1 saturated carbocycles. The summed E-state index contributed by atoms with van der Waals surface area (Å²) < 4.78 is 27.5. The Morgan fingerprint density at radius 2 is 1.52 bits per heavy atom. The van der Waals surface area contributed by atoms with Gasteiger partial charge in [-0.2, -0.15) is 0 Å². The number of hydrogen-bond acceptors (Lipinski definition) is 4. The maximum Gasteiger partial charge on any atom is 0.327 e. The van der Waals surface area contributed by atoms with E-state index in [1.165, 1.54) is 4.90 Å². The number of nitrogens with zero attached hydrogens (tertiary/aromatic N) is 3. The molecule has 3 atom stereocenters. The molecular weight excluding hydrogens is 562 g/mol. The van der Waals surface area contributed by atoms with E-state index in [4.69, 9.17) is 0 Å². The molecule has 0 radical (unpaired) electrons. The largest absolute Gasteiger partial charge is 0.349 e. The summed E-state index contributed by atoms with van der Waals surface area (Å²) in [6.45, 7) is 3.64. The summed E-state index contributed by atoms with van der Waals surface area (Å²) in [6, 6.07) is 19.5. The van der Waals surface area contributed by atoms with E-state index >= 15 is 0 Å². The minimum absolute atomic E-state index is 0.0659. The zero-order chi connectivity index (χ0) is 30.9. The Hall–Kier alpha value is -3.33. The molecule has 236 valence electrons. The van der Waals surface area contributed by atoms with Crippen LogP contribution in [0, 0.1) is 5.92 Å². The van der Waals surface area contributed by atoms with Crippen LogP contribution in [-0.2, 0) is 16.1 Å². The molecule has 44 heavy (non-hydrogen) atoms. The number of alkyl halides is 2. The predicted molar refractivity (Wildman–Crippen MR) is 164 cm³/mol. The Morgan fingerprint density at radius 1 is 0.909 bits per heavy atom. The van der Waals surface area contributed by atoms with E-state index in [2.05, 4.69) is 10.2 Å². The number of carbonyl (C=O) groups excluding carboxylic acids is 3. The molecule has 3 saturated heterocycles. The van der Waals surface area contributed by atoms with Crippen molar-refractivity contribution in [2.75, 3.05) is 13.1 Å². The third-order valence-electron chi connectivity index (χ3n) is 10.5. The van der Waals surface area contributed by atoms with Crippen molar-refractivity contribution in [2.24, 2.45) is 5.92 Å². The standard InChI is InChI=1S/C35H44F2N4O3/c1-2-20-41-33(44)40(24-25-9-5-3-6-10-25)32(43)34(41)22-28-13-14-29(23-34)39(28)21-17-30(26-11-7-4-8-12-26)38-31(42)27-15-18-35(36,37)19-16-27/h3-12,27-30H,2,13-24H2,1H3,(H,38,42)/t28?,29?,30-,34?/m0/s1. The normalized spacial score (nSPS) is 27.7. The Labute approximate surface area is 259 Å². The molecule has 6 rings (SSSR count). The van der Waals surface area contributed by atoms with E-state index in [9.17, 15) is 23.2 Å². The summed E-state index contributed by atoms with van der Waals surface area (Å²) in [5.74, 6) is -3.26. The fourth-order valence-electron chi connectivity index (χ4n) is 8.17. The highest BCUT2D eigenvalue weighted by Crippen LogP contribution is 2.48. The summed E-state index contributed by atoms with van der Waals surface area (Å²) in [5.41, 5.74) is 1.14. The maximum atomic E-state index is 14.1. The molecule has 1 N–H and O–H groups in total. The van der Waals surface area contributed by atoms with Crippen molar-refractivity contribution in [2.45, 2.75) is 107 Å². The van der Waals surface area contributed by atoms with Crippen LogP contribution in [0.5, 0.6) is 0 Å². The van der Waals surface area contributed by atoms with Gasteiger partial charge in [0, 0.05) is 43.9 Å². The zero-order valence-corrected chi connectivity index (χ0v) is 25.6. The molecule has 3 heterocycles. The number of carbonyl (C=O) groups is 3. The number of hydrogen-bond donors (Lipinski definition) is 1. The highest BCUT2D eigenvalue weighted by atomic mass is 19.3. The molecule has 2 aromatic carbocycles. The molecule has 2 unspecified atom stereocenters. The lowest BCUT2D eigenvalue weighted by atomic mass is 9.81. The maximum absolute atomic E-state index is 14.1. The molecule has 4 fully saturated rings. The molecular formula is C35H44F2N4O3. The Bertz CT molecular complexity index is 1320. The lowest BCUT2D eigenvalue weighted by Crippen LogP contribution is -2.60. The smallest absolute Gasteiger partial charge is 0.327 e. The van der Waals surface area contributed by atoms with Crippen molar-refractivity contribution >= 4 is 17.8 Å². The van der Waals surface area contributed by atoms with Gasteiger partial charge in [-0.15, -0.1) is 0 Å². The topological polar surface area (TPSA) is 73.0 Å². The Morgan fingerprint density at radius 3 is 2.14 bits per heavy atom. The average Bonchev–Trinajstić information content (AvgIpc) is 3.37. The monoisotopic (exact) mass is 606 g/mol. The number of piperidine rings is 1. The molecule has 4 aliphatic rings. The van der Waals surface area contributed by atoms with Crippen LogP contribution >= 0.6 is 0 Å². The fraction of sp³-hybridized carbons (Fsp3) is 0.571. The van der Waals surface area contributed by atoms with Crippen LogP contribution in [0.3, 0.4) is 0 Å². The minimum atomic E-state index is -2.67. The Kier molecular flexibility index (Phi) is 8.77. The molecule has 4 amide bonds. The van der Waals surface area contributed by atoms with Gasteiger partial charge in [-0.1, -0.05) is 67.6 Å². The number of halogens is 2. The highest BCUT2D eigenvalue weighted by molar-refractivity contribution is 6.07. The number of imide groups is 1. The second-order valence-corrected chi connectivity index (χ2v) is 13.3. The second kappa shape index (κ2) is 12.6. The van der Waals surface area contributed by atoms with Crippen LogP contribution in [0.1, 0.15) is 88.3 Å². The molecule has 9 heteroatoms. The predicted octanol–water partition coefficient (Wildman–Crippen LogP) is 6.30. The summed E-state index contributed by atoms with van der Waals surface area (Å²) >= 11 is 0. The summed E-state index contributed by atoms with van der Waals surface area (Å²) in [7, 11) is 0. The van der Waals surface area contributed by atoms with Gasteiger partial charge in [0.05, 0.1) is 12.6 Å². The van der Waals surface area contributed by atoms with Crippen LogP contribution in [0.4, 0.5) is 13.6 Å². The van der Waals surface area contributed by atoms with Gasteiger partial charge in [0.15, 0.2) is 0 Å². The lowest BCUT2D eigenvalue weighted by molar-refractivity contribution is -0.138. The first-order chi connectivity index (χ1) is 21.2. The van der Waals surface area contributed by atoms with E-state index in [1.54, 1.807) is 0 Å². The van der Waals surface area contributed by atoms with Crippen molar-refractivity contribution in [3.8, 4) is 0 Å². The summed E-state index contributed by atoms with van der Waals surface area (Å²) in [4.78, 5) is 46.8. The molecule has 1 spiro atoms. The van der Waals surface area contributed by atoms with E-state index in [0.717, 1.165) is 36.9 Å². The van der Waals surface area contributed by atoms with Gasteiger partial charge in [-0.25, -0.2) is 13.6 Å². The number of amides is 4. The first-order valence-electron chi connectivity index (χ1n) is 16.4. The van der Waals surface area contributed by atoms with Gasteiger partial charge in [0.2, 0.25) is 11.8 Å². The van der Waals surface area contributed by atoms with Crippen LogP contribution in [0.2, 0.25) is 0 Å². The third kappa shape index (κ3) is 6.00. The summed E-state index contributed by atoms with van der Waals surface area (Å²) in [5, 5.41) is 3.21. The van der Waals surface area contributed by atoms with Crippen LogP contribution < -0.4 is 5.32 Å². The van der Waals surface area contributed by atoms with Gasteiger partial charge in [0.1, 0.15) is 5.54 Å². The molecule has 2 bridgehead atoms. The van der Waals surface area contributed by atoms with Crippen molar-refractivity contribution in [3.63, 3.8) is 0 Å². The number of benzene rings is 2. The van der Waals surface area contributed by atoms with E-state index < -0.39 is 11.5 Å². The van der Waals surface area contributed by atoms with E-state index in [-0.39, 0.29) is 74.1 Å². The van der Waals surface area contributed by atoms with E-state index in [0.29, 0.717) is 25.8 Å². The first-order valence-corrected chi connectivity index (χ1v) is 16.4. The number of fused-ring (bicyclic) bond motifs is 2. The quantitative estimate of drug-likeness (QED) is 0.322. The van der Waals surface area contributed by atoms with Crippen molar-refractivity contribution < 1.29 is 23.2 Å². The van der Waals surface area contributed by atoms with Crippen LogP contribution in [0.25, 0.3) is 0 Å². The molecule has 3 aliphatic heterocycles. The lowest BCUT2D eigenvalue weighted by Gasteiger charge is -2.47. The summed E-state index contributed by atoms with van der Waals surface area (Å²) in [6.07, 6.45) is 4.62. The second-order valence-electron chi connectivity index (χ2n) is 13.3. The molecule has 2 aromatic rings. The minimum Gasteiger partial charge on any atom is -0.349 e. The van der Waals surface area contributed by atoms with Gasteiger partial charge in [-0.05, 0) is 62.5 Å². The van der Waals surface area contributed by atoms with Crippen LogP contribution in [-0.4, -0.2) is 69.2 Å². The van der Waals surface area contributed by atoms with Gasteiger partial charge >= 0.3 is 6.03 Å². The highest BCUT2D eigenvalue weighted by Gasteiger charge is 2.62. The fourth-order valence-corrected chi connectivity index (χ4v) is 8.17. The number of urea groups is 1. The van der Waals surface area contributed by atoms with Crippen LogP contribution in [0.15, 0.2) is 60.7 Å². The number of rotatable bonds is 10. The molecule has 7 nitrogen and oxygen atoms in total. The van der Waals surface area contributed by atoms with E-state index in [1.807, 2.05) is 72.5 Å². The molecule has 1 aliphatic carbocycles. The Balaban J connectivity index is 1.15. The van der Waals surface area contributed by atoms with Crippen molar-refractivity contribution in [1.82, 2.24) is 20.0 Å². The van der Waals surface area contributed by atoms with Gasteiger partial charge < -0.3 is 10.2 Å². The van der Waals surface area contributed by atoms with Gasteiger partial charge in [0.25, 0.3) is 5.91 Å². The third-order valence-corrected chi connectivity index (χ3v) is 10.5. The average molecular weight is 607 g/mol. The number of nitrogens with one attached hydrogen (secondary N) is 1. The zero-order valence-electron chi connectivity index (χ0n) is 25.6. The molecule has 0 aromatic heterocycles. The first kappa shape index (κ1) is 30.7. The van der Waals surface area contributed by atoms with Gasteiger partial charge in [-0.3, -0.25) is 19.4 Å².